The molecule has 1 aromatic carbocycles. The molecule has 1 unspecified atom stereocenters. The summed E-state index contributed by atoms with van der Waals surface area (Å²) in [5, 5.41) is 3.36. The van der Waals surface area contributed by atoms with E-state index in [1.807, 2.05) is 6.07 Å². The predicted octanol–water partition coefficient (Wildman–Crippen LogP) is 2.19. The molecule has 0 saturated carbocycles. The van der Waals surface area contributed by atoms with Crippen LogP contribution in [0.3, 0.4) is 0 Å². The molecular formula is C18H28FN3O2. The maximum atomic E-state index is 13.3. The van der Waals surface area contributed by atoms with Gasteiger partial charge in [0, 0.05) is 39.7 Å². The maximum Gasteiger partial charge on any atom is 0.193 e. The summed E-state index contributed by atoms with van der Waals surface area (Å²) in [4.78, 5) is 6.62. The van der Waals surface area contributed by atoms with E-state index in [9.17, 15) is 4.39 Å². The number of nitrogens with zero attached hydrogens (tertiary/aromatic N) is 2. The van der Waals surface area contributed by atoms with E-state index < -0.39 is 0 Å². The third-order valence-corrected chi connectivity index (χ3v) is 4.26. The predicted molar refractivity (Wildman–Crippen MR) is 93.7 cm³/mol. The molecule has 1 heterocycles. The summed E-state index contributed by atoms with van der Waals surface area (Å²) in [5.41, 5.74) is 1.72. The average Bonchev–Trinajstić information content (AvgIpc) is 3.04. The topological polar surface area (TPSA) is 46.1 Å². The van der Waals surface area contributed by atoms with Gasteiger partial charge in [0.15, 0.2) is 5.96 Å². The summed E-state index contributed by atoms with van der Waals surface area (Å²) >= 11 is 0. The molecule has 0 radical (unpaired) electrons. The third kappa shape index (κ3) is 5.46. The van der Waals surface area contributed by atoms with E-state index >= 15 is 0 Å². The normalized spacial score (nSPS) is 18.2. The molecule has 1 aliphatic rings. The summed E-state index contributed by atoms with van der Waals surface area (Å²) in [5.74, 6) is 1.24. The highest BCUT2D eigenvalue weighted by Gasteiger charge is 2.24. The molecule has 0 bridgehead atoms. The Labute approximate surface area is 143 Å². The van der Waals surface area contributed by atoms with E-state index in [-0.39, 0.29) is 5.82 Å². The Hall–Kier alpha value is -1.66. The lowest BCUT2D eigenvalue weighted by molar-refractivity contribution is 0.0536. The number of ether oxygens (including phenoxy) is 2. The molecule has 6 heteroatoms. The van der Waals surface area contributed by atoms with E-state index in [2.05, 4.69) is 15.2 Å². The van der Waals surface area contributed by atoms with E-state index in [1.165, 1.54) is 6.07 Å². The van der Waals surface area contributed by atoms with Gasteiger partial charge in [0.05, 0.1) is 19.8 Å². The van der Waals surface area contributed by atoms with Gasteiger partial charge in [0.25, 0.3) is 0 Å². The number of benzene rings is 1. The third-order valence-electron chi connectivity index (χ3n) is 4.26. The number of rotatable bonds is 7. The Morgan fingerprint density at radius 2 is 2.25 bits per heavy atom. The van der Waals surface area contributed by atoms with E-state index in [1.54, 1.807) is 27.1 Å². The molecule has 1 aliphatic heterocycles. The number of hydrogen-bond donors (Lipinski definition) is 1. The van der Waals surface area contributed by atoms with Gasteiger partial charge in [-0.15, -0.1) is 0 Å². The van der Waals surface area contributed by atoms with Gasteiger partial charge in [-0.2, -0.15) is 0 Å². The first-order chi connectivity index (χ1) is 11.6. The fourth-order valence-corrected chi connectivity index (χ4v) is 2.88. The van der Waals surface area contributed by atoms with E-state index in [0.717, 1.165) is 37.6 Å². The second kappa shape index (κ2) is 9.59. The highest BCUT2D eigenvalue weighted by atomic mass is 19.1. The van der Waals surface area contributed by atoms with Crippen molar-refractivity contribution in [1.29, 1.82) is 0 Å². The molecule has 134 valence electrons. The number of likely N-dealkylation sites (tertiary alicyclic amines) is 1. The number of aryl methyl sites for hydroxylation is 1. The van der Waals surface area contributed by atoms with Crippen molar-refractivity contribution in [2.45, 2.75) is 19.9 Å². The van der Waals surface area contributed by atoms with Crippen LogP contribution in [0.4, 0.5) is 4.39 Å². The minimum absolute atomic E-state index is 0.168. The first kappa shape index (κ1) is 18.7. The van der Waals surface area contributed by atoms with Crippen LogP contribution in [0.25, 0.3) is 0 Å². The first-order valence-electron chi connectivity index (χ1n) is 8.41. The van der Waals surface area contributed by atoms with Crippen molar-refractivity contribution >= 4 is 5.96 Å². The highest BCUT2D eigenvalue weighted by Crippen LogP contribution is 2.17. The average molecular weight is 337 g/mol. The van der Waals surface area contributed by atoms with Crippen LogP contribution in [-0.4, -0.2) is 57.9 Å². The molecule has 1 N–H and O–H groups in total. The number of guanidine groups is 1. The molecule has 1 saturated heterocycles. The van der Waals surface area contributed by atoms with E-state index in [4.69, 9.17) is 9.47 Å². The maximum absolute atomic E-state index is 13.3. The van der Waals surface area contributed by atoms with Crippen molar-refractivity contribution in [2.75, 3.05) is 47.1 Å². The molecule has 0 aliphatic carbocycles. The van der Waals surface area contributed by atoms with Gasteiger partial charge in [-0.1, -0.05) is 12.1 Å². The first-order valence-corrected chi connectivity index (χ1v) is 8.41. The van der Waals surface area contributed by atoms with Crippen LogP contribution in [0, 0.1) is 18.7 Å². The van der Waals surface area contributed by atoms with Gasteiger partial charge < -0.3 is 19.7 Å². The van der Waals surface area contributed by atoms with Gasteiger partial charge in [-0.25, -0.2) is 4.39 Å². The van der Waals surface area contributed by atoms with Crippen molar-refractivity contribution < 1.29 is 13.9 Å². The zero-order chi connectivity index (χ0) is 17.4. The van der Waals surface area contributed by atoms with Crippen molar-refractivity contribution in [3.63, 3.8) is 0 Å². The summed E-state index contributed by atoms with van der Waals surface area (Å²) < 4.78 is 23.9. The minimum atomic E-state index is -0.168. The monoisotopic (exact) mass is 337 g/mol. The van der Waals surface area contributed by atoms with Crippen molar-refractivity contribution in [2.24, 2.45) is 10.9 Å². The fraction of sp³-hybridized carbons (Fsp3) is 0.611. The quantitative estimate of drug-likeness (QED) is 0.471. The molecule has 1 atom stereocenters. The lowest BCUT2D eigenvalue weighted by Gasteiger charge is -2.22. The second-order valence-electron chi connectivity index (χ2n) is 6.15. The Bertz CT molecular complexity index is 551. The van der Waals surface area contributed by atoms with Crippen molar-refractivity contribution in [3.05, 3.63) is 35.1 Å². The number of halogens is 1. The molecule has 0 amide bonds. The largest absolute Gasteiger partial charge is 0.382 e. The van der Waals surface area contributed by atoms with Crippen LogP contribution in [0.5, 0.6) is 0 Å². The zero-order valence-electron chi connectivity index (χ0n) is 14.8. The minimum Gasteiger partial charge on any atom is -0.382 e. The van der Waals surface area contributed by atoms with Gasteiger partial charge in [-0.05, 0) is 30.5 Å². The molecule has 1 fully saturated rings. The smallest absolute Gasteiger partial charge is 0.193 e. The molecule has 24 heavy (non-hydrogen) atoms. The molecule has 2 rings (SSSR count). The number of hydrogen-bond acceptors (Lipinski definition) is 3. The fourth-order valence-electron chi connectivity index (χ4n) is 2.88. The van der Waals surface area contributed by atoms with Crippen LogP contribution in [0.2, 0.25) is 0 Å². The van der Waals surface area contributed by atoms with Gasteiger partial charge in [0.2, 0.25) is 0 Å². The molecule has 0 spiro atoms. The lowest BCUT2D eigenvalue weighted by atomic mass is 10.1. The number of aliphatic imine (C=N–C) groups is 1. The molecule has 0 aromatic heterocycles. The standard InChI is InChI=1S/C18H28FN3O2/c1-14-10-15(4-5-17(14)19)11-21-18(20-2)22-7-6-16(12-22)13-24-9-8-23-3/h4-5,10,16H,6-9,11-13H2,1-3H3,(H,20,21). The van der Waals surface area contributed by atoms with Crippen LogP contribution in [0.15, 0.2) is 23.2 Å². The van der Waals surface area contributed by atoms with Gasteiger partial charge in [0.1, 0.15) is 5.82 Å². The Balaban J connectivity index is 1.78. The summed E-state index contributed by atoms with van der Waals surface area (Å²) in [6.07, 6.45) is 1.10. The molecule has 1 aromatic rings. The molecular weight excluding hydrogens is 309 g/mol. The Kier molecular flexibility index (Phi) is 7.46. The second-order valence-corrected chi connectivity index (χ2v) is 6.15. The number of nitrogens with one attached hydrogen (secondary N) is 1. The number of methoxy groups -OCH3 is 1. The van der Waals surface area contributed by atoms with Crippen molar-refractivity contribution in [1.82, 2.24) is 10.2 Å². The Morgan fingerprint density at radius 3 is 2.96 bits per heavy atom. The SMILES string of the molecule is CN=C(NCc1ccc(F)c(C)c1)N1CCC(COCCOC)C1. The zero-order valence-corrected chi connectivity index (χ0v) is 14.8. The summed E-state index contributed by atoms with van der Waals surface area (Å²) in [7, 11) is 3.47. The van der Waals surface area contributed by atoms with Crippen LogP contribution in [0.1, 0.15) is 17.5 Å². The summed E-state index contributed by atoms with van der Waals surface area (Å²) in [6.45, 7) is 6.37. The van der Waals surface area contributed by atoms with Crippen LogP contribution < -0.4 is 5.32 Å². The van der Waals surface area contributed by atoms with Crippen molar-refractivity contribution in [3.8, 4) is 0 Å². The molecule has 5 nitrogen and oxygen atoms in total. The van der Waals surface area contributed by atoms with Gasteiger partial charge in [-0.3, -0.25) is 4.99 Å². The van der Waals surface area contributed by atoms with Gasteiger partial charge >= 0.3 is 0 Å². The Morgan fingerprint density at radius 1 is 1.42 bits per heavy atom. The van der Waals surface area contributed by atoms with Crippen LogP contribution >= 0.6 is 0 Å². The van der Waals surface area contributed by atoms with E-state index in [0.29, 0.717) is 31.2 Å². The highest BCUT2D eigenvalue weighted by molar-refractivity contribution is 5.80. The lowest BCUT2D eigenvalue weighted by Crippen LogP contribution is -2.39. The summed E-state index contributed by atoms with van der Waals surface area (Å²) in [6, 6.07) is 5.18. The van der Waals surface area contributed by atoms with Crippen LogP contribution in [-0.2, 0) is 16.0 Å².